The van der Waals surface area contributed by atoms with Crippen LogP contribution in [0.25, 0.3) is 0 Å². The highest BCUT2D eigenvalue weighted by molar-refractivity contribution is 5.16. The second-order valence-corrected chi connectivity index (χ2v) is 4.83. The van der Waals surface area contributed by atoms with Crippen LogP contribution in [0.1, 0.15) is 25.3 Å². The third-order valence-corrected chi connectivity index (χ3v) is 3.39. The molecule has 0 saturated heterocycles. The molecule has 2 nitrogen and oxygen atoms in total. The van der Waals surface area contributed by atoms with Gasteiger partial charge in [0, 0.05) is 12.1 Å². The van der Waals surface area contributed by atoms with Crippen molar-refractivity contribution in [2.45, 2.75) is 31.8 Å². The number of nitrogens with one attached hydrogen (secondary N) is 1. The van der Waals surface area contributed by atoms with Crippen molar-refractivity contribution in [2.24, 2.45) is 5.92 Å². The monoisotopic (exact) mass is 223 g/mol. The van der Waals surface area contributed by atoms with Crippen LogP contribution in [0.2, 0.25) is 0 Å². The van der Waals surface area contributed by atoms with Gasteiger partial charge >= 0.3 is 0 Å². The molecule has 1 unspecified atom stereocenters. The Hall–Kier alpha value is -0.930. The molecular weight excluding hydrogens is 205 g/mol. The lowest BCUT2D eigenvalue weighted by Gasteiger charge is -2.29. The Morgan fingerprint density at radius 2 is 2.25 bits per heavy atom. The highest BCUT2D eigenvalue weighted by Gasteiger charge is 2.40. The second kappa shape index (κ2) is 4.52. The minimum atomic E-state index is -0.216. The van der Waals surface area contributed by atoms with E-state index in [1.807, 2.05) is 13.0 Å². The predicted molar refractivity (Wildman–Crippen MR) is 61.5 cm³/mol. The lowest BCUT2D eigenvalue weighted by Crippen LogP contribution is -2.47. The molecular formula is C13H18FNO. The van der Waals surface area contributed by atoms with Gasteiger partial charge in [-0.3, -0.25) is 0 Å². The number of benzene rings is 1. The normalized spacial score (nSPS) is 19.4. The molecule has 1 saturated carbocycles. The first-order chi connectivity index (χ1) is 7.64. The maximum atomic E-state index is 13.0. The van der Waals surface area contributed by atoms with Crippen LogP contribution in [0.4, 0.5) is 4.39 Å². The predicted octanol–water partition coefficient (Wildman–Crippen LogP) is 2.08. The van der Waals surface area contributed by atoms with Crippen molar-refractivity contribution in [3.05, 3.63) is 35.6 Å². The van der Waals surface area contributed by atoms with Crippen LogP contribution >= 0.6 is 0 Å². The molecule has 1 aliphatic rings. The molecule has 0 heterocycles. The SMILES string of the molecule is CC(CO)(NCc1cccc(F)c1)C1CC1. The van der Waals surface area contributed by atoms with Gasteiger partial charge in [0.15, 0.2) is 0 Å². The van der Waals surface area contributed by atoms with Crippen molar-refractivity contribution in [3.63, 3.8) is 0 Å². The third kappa shape index (κ3) is 2.60. The smallest absolute Gasteiger partial charge is 0.123 e. The van der Waals surface area contributed by atoms with Crippen LogP contribution in [-0.4, -0.2) is 17.3 Å². The van der Waals surface area contributed by atoms with Crippen LogP contribution in [0.5, 0.6) is 0 Å². The first-order valence-electron chi connectivity index (χ1n) is 5.74. The molecule has 88 valence electrons. The number of hydrogen-bond donors (Lipinski definition) is 2. The zero-order valence-electron chi connectivity index (χ0n) is 9.54. The molecule has 0 radical (unpaired) electrons. The number of aliphatic hydroxyl groups is 1. The van der Waals surface area contributed by atoms with Gasteiger partial charge in [-0.15, -0.1) is 0 Å². The third-order valence-electron chi connectivity index (χ3n) is 3.39. The molecule has 2 N–H and O–H groups in total. The minimum absolute atomic E-state index is 0.132. The van der Waals surface area contributed by atoms with Gasteiger partial charge in [0.25, 0.3) is 0 Å². The van der Waals surface area contributed by atoms with Gasteiger partial charge in [-0.1, -0.05) is 12.1 Å². The van der Waals surface area contributed by atoms with Crippen LogP contribution < -0.4 is 5.32 Å². The maximum absolute atomic E-state index is 13.0. The number of hydrogen-bond acceptors (Lipinski definition) is 2. The topological polar surface area (TPSA) is 32.3 Å². The van der Waals surface area contributed by atoms with Gasteiger partial charge in [0.05, 0.1) is 6.61 Å². The Morgan fingerprint density at radius 1 is 1.50 bits per heavy atom. The molecule has 3 heteroatoms. The van der Waals surface area contributed by atoms with Gasteiger partial charge in [-0.2, -0.15) is 0 Å². The fourth-order valence-electron chi connectivity index (χ4n) is 2.00. The Labute approximate surface area is 95.5 Å². The maximum Gasteiger partial charge on any atom is 0.123 e. The molecule has 1 atom stereocenters. The number of aliphatic hydroxyl groups excluding tert-OH is 1. The summed E-state index contributed by atoms with van der Waals surface area (Å²) >= 11 is 0. The molecule has 0 bridgehead atoms. The summed E-state index contributed by atoms with van der Waals surface area (Å²) in [6.45, 7) is 2.77. The van der Waals surface area contributed by atoms with Gasteiger partial charge in [-0.05, 0) is 43.4 Å². The van der Waals surface area contributed by atoms with E-state index in [2.05, 4.69) is 5.32 Å². The Morgan fingerprint density at radius 3 is 2.81 bits per heavy atom. The summed E-state index contributed by atoms with van der Waals surface area (Å²) in [4.78, 5) is 0. The highest BCUT2D eigenvalue weighted by atomic mass is 19.1. The average molecular weight is 223 g/mol. The van der Waals surface area contributed by atoms with Crippen molar-refractivity contribution >= 4 is 0 Å². The summed E-state index contributed by atoms with van der Waals surface area (Å²) in [7, 11) is 0. The standard InChI is InChI=1S/C13H18FNO/c1-13(9-16,11-5-6-11)15-8-10-3-2-4-12(14)7-10/h2-4,7,11,15-16H,5-6,8-9H2,1H3. The lowest BCUT2D eigenvalue weighted by atomic mass is 9.96. The summed E-state index contributed by atoms with van der Waals surface area (Å²) in [6.07, 6.45) is 2.35. The number of halogens is 1. The molecule has 1 aliphatic carbocycles. The molecule has 1 aromatic rings. The fourth-order valence-corrected chi connectivity index (χ4v) is 2.00. The van der Waals surface area contributed by atoms with E-state index in [0.717, 1.165) is 5.56 Å². The quantitative estimate of drug-likeness (QED) is 0.801. The Balaban J connectivity index is 1.95. The van der Waals surface area contributed by atoms with Crippen LogP contribution in [0.3, 0.4) is 0 Å². The molecule has 0 spiro atoms. The largest absolute Gasteiger partial charge is 0.394 e. The summed E-state index contributed by atoms with van der Waals surface area (Å²) in [5.41, 5.74) is 0.701. The van der Waals surface area contributed by atoms with Crippen LogP contribution in [-0.2, 0) is 6.54 Å². The molecule has 1 fully saturated rings. The zero-order chi connectivity index (χ0) is 11.6. The van der Waals surface area contributed by atoms with Crippen molar-refractivity contribution in [1.29, 1.82) is 0 Å². The van der Waals surface area contributed by atoms with Crippen LogP contribution in [0, 0.1) is 11.7 Å². The molecule has 16 heavy (non-hydrogen) atoms. The summed E-state index contributed by atoms with van der Waals surface area (Å²) in [5, 5.41) is 12.7. The summed E-state index contributed by atoms with van der Waals surface area (Å²) in [5.74, 6) is 0.350. The Kier molecular flexibility index (Phi) is 3.26. The van der Waals surface area contributed by atoms with Crippen molar-refractivity contribution < 1.29 is 9.50 Å². The van der Waals surface area contributed by atoms with Crippen molar-refractivity contribution in [3.8, 4) is 0 Å². The summed E-state index contributed by atoms with van der Waals surface area (Å²) in [6, 6.07) is 6.56. The van der Waals surface area contributed by atoms with E-state index in [0.29, 0.717) is 12.5 Å². The molecule has 2 rings (SSSR count). The highest BCUT2D eigenvalue weighted by Crippen LogP contribution is 2.39. The van der Waals surface area contributed by atoms with E-state index in [9.17, 15) is 9.50 Å². The number of rotatable bonds is 5. The second-order valence-electron chi connectivity index (χ2n) is 4.83. The van der Waals surface area contributed by atoms with E-state index >= 15 is 0 Å². The fraction of sp³-hybridized carbons (Fsp3) is 0.538. The van der Waals surface area contributed by atoms with Gasteiger partial charge in [0.2, 0.25) is 0 Å². The van der Waals surface area contributed by atoms with Gasteiger partial charge in [-0.25, -0.2) is 4.39 Å². The van der Waals surface area contributed by atoms with Crippen LogP contribution in [0.15, 0.2) is 24.3 Å². The first-order valence-corrected chi connectivity index (χ1v) is 5.74. The first kappa shape index (κ1) is 11.6. The van der Waals surface area contributed by atoms with E-state index in [4.69, 9.17) is 0 Å². The van der Waals surface area contributed by atoms with E-state index < -0.39 is 0 Å². The van der Waals surface area contributed by atoms with E-state index in [1.54, 1.807) is 6.07 Å². The van der Waals surface area contributed by atoms with E-state index in [1.165, 1.54) is 25.0 Å². The van der Waals surface area contributed by atoms with E-state index in [-0.39, 0.29) is 18.0 Å². The van der Waals surface area contributed by atoms with Crippen molar-refractivity contribution in [1.82, 2.24) is 5.32 Å². The average Bonchev–Trinajstić information content (AvgIpc) is 3.10. The zero-order valence-corrected chi connectivity index (χ0v) is 9.54. The Bertz CT molecular complexity index is 365. The molecule has 0 amide bonds. The van der Waals surface area contributed by atoms with Gasteiger partial charge in [0.1, 0.15) is 5.82 Å². The lowest BCUT2D eigenvalue weighted by molar-refractivity contribution is 0.153. The van der Waals surface area contributed by atoms with Gasteiger partial charge < -0.3 is 10.4 Å². The van der Waals surface area contributed by atoms with Crippen molar-refractivity contribution in [2.75, 3.05) is 6.61 Å². The minimum Gasteiger partial charge on any atom is -0.394 e. The molecule has 1 aromatic carbocycles. The summed E-state index contributed by atoms with van der Waals surface area (Å²) < 4.78 is 13.0. The molecule has 0 aromatic heterocycles. The molecule has 0 aliphatic heterocycles.